The number of nitrogens with zero attached hydrogens (tertiary/aromatic N) is 1. The molecule has 0 aliphatic carbocycles. The number of halogens is 3. The fourth-order valence-electron chi connectivity index (χ4n) is 2.69. The summed E-state index contributed by atoms with van der Waals surface area (Å²) in [6.45, 7) is 4.16. The minimum atomic E-state index is -4.28. The summed E-state index contributed by atoms with van der Waals surface area (Å²) in [4.78, 5) is 2.29. The van der Waals surface area contributed by atoms with Crippen LogP contribution in [0.5, 0.6) is 0 Å². The van der Waals surface area contributed by atoms with Crippen molar-refractivity contribution in [1.29, 1.82) is 0 Å². The molecule has 1 aliphatic rings. The van der Waals surface area contributed by atoms with Crippen molar-refractivity contribution < 1.29 is 13.2 Å². The lowest BCUT2D eigenvalue weighted by molar-refractivity contribution is -0.137. The molecule has 1 heterocycles. The number of hydrogen-bond donors (Lipinski definition) is 1. The molecule has 0 bridgehead atoms. The van der Waals surface area contributed by atoms with Gasteiger partial charge in [-0.05, 0) is 64.0 Å². The molecule has 0 amide bonds. The Bertz CT molecular complexity index is 437. The average molecular weight is 286 g/mol. The number of nitrogens with one attached hydrogen (secondary N) is 1. The highest BCUT2D eigenvalue weighted by Crippen LogP contribution is 2.31. The lowest BCUT2D eigenvalue weighted by Gasteiger charge is -2.33. The average Bonchev–Trinajstić information content (AvgIpc) is 2.38. The van der Waals surface area contributed by atoms with E-state index in [1.807, 2.05) is 0 Å². The number of alkyl halides is 3. The fraction of sp³-hybridized carbons (Fsp3) is 0.600. The Morgan fingerprint density at radius 2 is 1.90 bits per heavy atom. The molecular formula is C15H21F3N2. The molecule has 0 spiro atoms. The van der Waals surface area contributed by atoms with Crippen LogP contribution in [0.3, 0.4) is 0 Å². The number of benzene rings is 1. The van der Waals surface area contributed by atoms with Crippen molar-refractivity contribution in [3.63, 3.8) is 0 Å². The highest BCUT2D eigenvalue weighted by atomic mass is 19.4. The van der Waals surface area contributed by atoms with E-state index in [9.17, 15) is 13.2 Å². The Kier molecular flexibility index (Phi) is 4.58. The maximum absolute atomic E-state index is 12.7. The molecule has 0 radical (unpaired) electrons. The first-order chi connectivity index (χ1) is 9.36. The Morgan fingerprint density at radius 3 is 2.50 bits per heavy atom. The van der Waals surface area contributed by atoms with Gasteiger partial charge >= 0.3 is 6.18 Å². The Balaban J connectivity index is 1.99. The number of hydrogen-bond acceptors (Lipinski definition) is 2. The zero-order valence-electron chi connectivity index (χ0n) is 11.9. The van der Waals surface area contributed by atoms with Gasteiger partial charge in [0.15, 0.2) is 0 Å². The second kappa shape index (κ2) is 6.04. The third kappa shape index (κ3) is 3.88. The normalized spacial score (nSPS) is 19.9. The van der Waals surface area contributed by atoms with E-state index in [-0.39, 0.29) is 6.04 Å². The van der Waals surface area contributed by atoms with Gasteiger partial charge in [-0.1, -0.05) is 6.07 Å². The first-order valence-electron chi connectivity index (χ1n) is 6.98. The van der Waals surface area contributed by atoms with Crippen LogP contribution in [0.4, 0.5) is 18.9 Å². The molecule has 1 fully saturated rings. The number of likely N-dealkylation sites (tertiary alicyclic amines) is 1. The van der Waals surface area contributed by atoms with Gasteiger partial charge in [-0.2, -0.15) is 13.2 Å². The van der Waals surface area contributed by atoms with Crippen molar-refractivity contribution in [2.24, 2.45) is 5.92 Å². The molecule has 2 nitrogen and oxygen atoms in total. The van der Waals surface area contributed by atoms with Gasteiger partial charge in [-0.3, -0.25) is 0 Å². The van der Waals surface area contributed by atoms with E-state index in [1.165, 1.54) is 12.1 Å². The molecule has 1 aliphatic heterocycles. The van der Waals surface area contributed by atoms with Gasteiger partial charge in [0.05, 0.1) is 5.56 Å². The van der Waals surface area contributed by atoms with Crippen molar-refractivity contribution in [2.75, 3.05) is 25.5 Å². The predicted molar refractivity (Wildman–Crippen MR) is 74.7 cm³/mol. The Morgan fingerprint density at radius 1 is 1.25 bits per heavy atom. The summed E-state index contributed by atoms with van der Waals surface area (Å²) in [5.74, 6) is 0.515. The zero-order chi connectivity index (χ0) is 14.8. The molecule has 5 heteroatoms. The smallest absolute Gasteiger partial charge is 0.382 e. The fourth-order valence-corrected chi connectivity index (χ4v) is 2.69. The van der Waals surface area contributed by atoms with Crippen LogP contribution in [-0.2, 0) is 6.18 Å². The van der Waals surface area contributed by atoms with Crippen LogP contribution in [0.15, 0.2) is 24.3 Å². The number of anilines is 1. The summed E-state index contributed by atoms with van der Waals surface area (Å²) in [7, 11) is 2.10. The van der Waals surface area contributed by atoms with E-state index in [1.54, 1.807) is 6.07 Å². The van der Waals surface area contributed by atoms with Crippen molar-refractivity contribution in [1.82, 2.24) is 4.90 Å². The molecule has 20 heavy (non-hydrogen) atoms. The van der Waals surface area contributed by atoms with Gasteiger partial charge in [0.25, 0.3) is 0 Å². The monoisotopic (exact) mass is 286 g/mol. The molecule has 1 aromatic carbocycles. The van der Waals surface area contributed by atoms with E-state index in [4.69, 9.17) is 0 Å². The van der Waals surface area contributed by atoms with Crippen molar-refractivity contribution in [3.05, 3.63) is 29.8 Å². The molecule has 0 saturated carbocycles. The third-order valence-electron chi connectivity index (χ3n) is 4.05. The topological polar surface area (TPSA) is 15.3 Å². The second-order valence-corrected chi connectivity index (χ2v) is 5.65. The van der Waals surface area contributed by atoms with Crippen LogP contribution in [0.2, 0.25) is 0 Å². The van der Waals surface area contributed by atoms with E-state index in [0.717, 1.165) is 32.0 Å². The van der Waals surface area contributed by atoms with Crippen LogP contribution in [-0.4, -0.2) is 31.1 Å². The summed E-state index contributed by atoms with van der Waals surface area (Å²) in [5.41, 5.74) is -0.0515. The maximum Gasteiger partial charge on any atom is 0.416 e. The quantitative estimate of drug-likeness (QED) is 0.908. The molecule has 112 valence electrons. The first kappa shape index (κ1) is 15.2. The van der Waals surface area contributed by atoms with Crippen LogP contribution in [0.1, 0.15) is 25.3 Å². The third-order valence-corrected chi connectivity index (χ3v) is 4.05. The standard InChI is InChI=1S/C15H21F3N2/c1-11(12-6-8-20(2)9-7-12)19-14-5-3-4-13(10-14)15(16,17)18/h3-5,10-12,19H,6-9H2,1-2H3. The summed E-state index contributed by atoms with van der Waals surface area (Å²) in [6, 6.07) is 5.62. The van der Waals surface area contributed by atoms with Gasteiger partial charge in [0, 0.05) is 11.7 Å². The van der Waals surface area contributed by atoms with Gasteiger partial charge in [-0.15, -0.1) is 0 Å². The molecule has 1 N–H and O–H groups in total. The molecule has 1 aromatic rings. The second-order valence-electron chi connectivity index (χ2n) is 5.65. The lowest BCUT2D eigenvalue weighted by atomic mass is 9.90. The van der Waals surface area contributed by atoms with Gasteiger partial charge in [-0.25, -0.2) is 0 Å². The molecule has 1 unspecified atom stereocenters. The molecule has 2 rings (SSSR count). The van der Waals surface area contributed by atoms with Gasteiger partial charge in [0.2, 0.25) is 0 Å². The molecule has 1 atom stereocenters. The van der Waals surface area contributed by atoms with Crippen LogP contribution in [0.25, 0.3) is 0 Å². The number of rotatable bonds is 3. The van der Waals surface area contributed by atoms with Crippen LogP contribution >= 0.6 is 0 Å². The van der Waals surface area contributed by atoms with E-state index < -0.39 is 11.7 Å². The largest absolute Gasteiger partial charge is 0.416 e. The van der Waals surface area contributed by atoms with Crippen molar-refractivity contribution >= 4 is 5.69 Å². The summed E-state index contributed by atoms with van der Waals surface area (Å²) in [6.07, 6.45) is -2.11. The van der Waals surface area contributed by atoms with Gasteiger partial charge in [0.1, 0.15) is 0 Å². The Labute approximate surface area is 118 Å². The molecule has 0 aromatic heterocycles. The van der Waals surface area contributed by atoms with Gasteiger partial charge < -0.3 is 10.2 Å². The SMILES string of the molecule is CC(Nc1cccc(C(F)(F)F)c1)C1CCN(C)CC1. The van der Waals surface area contributed by atoms with E-state index in [0.29, 0.717) is 11.6 Å². The summed E-state index contributed by atoms with van der Waals surface area (Å²) < 4.78 is 38.0. The number of piperidine rings is 1. The maximum atomic E-state index is 12.7. The Hall–Kier alpha value is -1.23. The van der Waals surface area contributed by atoms with Crippen LogP contribution < -0.4 is 5.32 Å². The highest BCUT2D eigenvalue weighted by molar-refractivity contribution is 5.47. The first-order valence-corrected chi connectivity index (χ1v) is 6.98. The zero-order valence-corrected chi connectivity index (χ0v) is 11.9. The summed E-state index contributed by atoms with van der Waals surface area (Å²) in [5, 5.41) is 3.22. The minimum Gasteiger partial charge on any atom is -0.382 e. The van der Waals surface area contributed by atoms with Crippen LogP contribution in [0, 0.1) is 5.92 Å². The van der Waals surface area contributed by atoms with E-state index in [2.05, 4.69) is 24.2 Å². The highest BCUT2D eigenvalue weighted by Gasteiger charge is 2.30. The lowest BCUT2D eigenvalue weighted by Crippen LogP contribution is -2.37. The molecule has 1 saturated heterocycles. The van der Waals surface area contributed by atoms with Crippen molar-refractivity contribution in [3.8, 4) is 0 Å². The summed E-state index contributed by atoms with van der Waals surface area (Å²) >= 11 is 0. The minimum absolute atomic E-state index is 0.187. The predicted octanol–water partition coefficient (Wildman–Crippen LogP) is 3.85. The molecular weight excluding hydrogens is 265 g/mol. The van der Waals surface area contributed by atoms with Crippen molar-refractivity contribution in [2.45, 2.75) is 32.0 Å². The van der Waals surface area contributed by atoms with E-state index >= 15 is 0 Å².